The maximum Gasteiger partial charge on any atom is 0.190 e. The predicted molar refractivity (Wildman–Crippen MR) is 142 cm³/mol. The Morgan fingerprint density at radius 3 is 2.34 bits per heavy atom. The van der Waals surface area contributed by atoms with Crippen LogP contribution in [0.1, 0.15) is 50.8 Å². The summed E-state index contributed by atoms with van der Waals surface area (Å²) in [5.41, 5.74) is 3.00. The van der Waals surface area contributed by atoms with Gasteiger partial charge in [0.1, 0.15) is 12.7 Å². The van der Waals surface area contributed by atoms with Gasteiger partial charge >= 0.3 is 0 Å². The van der Waals surface area contributed by atoms with Crippen molar-refractivity contribution in [3.05, 3.63) is 65.2 Å². The zero-order valence-electron chi connectivity index (χ0n) is 22.6. The van der Waals surface area contributed by atoms with Gasteiger partial charge in [-0.1, -0.05) is 41.7 Å². The number of ether oxygens (including phenoxy) is 5. The van der Waals surface area contributed by atoms with Crippen LogP contribution < -0.4 is 0 Å². The Balaban J connectivity index is 1.16. The molecule has 0 unspecified atom stereocenters. The molecule has 8 heteroatoms. The van der Waals surface area contributed by atoms with Gasteiger partial charge in [0, 0.05) is 11.5 Å². The standard InChI is InChI=1S/C30H36O7S/c1-20-8-14-23(15-9-20)38(31)34-16-6-7-21-10-12-22(13-11-21)18-32-27-24(26-19-33-29(2,3)36-26)17-25-28(27)37-30(4,5)35-25/h8-15,24-28H,16-19H2,1-5H3/t24-,25+,26-,27+,28+,38+/m1/s1. The molecular weight excluding hydrogens is 504 g/mol. The molecule has 2 aromatic carbocycles. The van der Waals surface area contributed by atoms with Crippen molar-refractivity contribution < 1.29 is 32.1 Å². The average Bonchev–Trinajstić information content (AvgIpc) is 3.49. The maximum absolute atomic E-state index is 12.2. The third-order valence-electron chi connectivity index (χ3n) is 7.06. The van der Waals surface area contributed by atoms with Gasteiger partial charge < -0.3 is 23.7 Å². The van der Waals surface area contributed by atoms with Crippen LogP contribution in [0.15, 0.2) is 53.4 Å². The molecule has 0 aromatic heterocycles. The Morgan fingerprint density at radius 2 is 1.66 bits per heavy atom. The third kappa shape index (κ3) is 6.54. The van der Waals surface area contributed by atoms with Gasteiger partial charge in [-0.3, -0.25) is 4.18 Å². The van der Waals surface area contributed by atoms with Gasteiger partial charge in [0.15, 0.2) is 22.7 Å². The first kappa shape index (κ1) is 27.5. The van der Waals surface area contributed by atoms with Crippen molar-refractivity contribution in [2.45, 2.75) is 88.5 Å². The van der Waals surface area contributed by atoms with E-state index in [4.69, 9.17) is 27.9 Å². The highest BCUT2D eigenvalue weighted by Crippen LogP contribution is 2.46. The highest BCUT2D eigenvalue weighted by molar-refractivity contribution is 7.80. The number of hydrogen-bond donors (Lipinski definition) is 0. The van der Waals surface area contributed by atoms with Gasteiger partial charge in [-0.2, -0.15) is 0 Å². The monoisotopic (exact) mass is 540 g/mol. The molecule has 3 aliphatic rings. The van der Waals surface area contributed by atoms with Crippen molar-refractivity contribution in [2.24, 2.45) is 5.92 Å². The van der Waals surface area contributed by atoms with Crippen LogP contribution in [-0.4, -0.2) is 53.4 Å². The van der Waals surface area contributed by atoms with Gasteiger partial charge in [-0.05, 0) is 70.9 Å². The number of fused-ring (bicyclic) bond motifs is 1. The molecule has 2 heterocycles. The molecule has 0 N–H and O–H groups in total. The molecular formula is C30H36O7S. The highest BCUT2D eigenvalue weighted by Gasteiger charge is 2.57. The van der Waals surface area contributed by atoms with Crippen LogP contribution in [0.25, 0.3) is 0 Å². The fourth-order valence-electron chi connectivity index (χ4n) is 5.29. The first-order valence-corrected chi connectivity index (χ1v) is 14.1. The lowest BCUT2D eigenvalue weighted by molar-refractivity contribution is -0.188. The van der Waals surface area contributed by atoms with E-state index in [1.165, 1.54) is 0 Å². The first-order chi connectivity index (χ1) is 18.1. The zero-order valence-corrected chi connectivity index (χ0v) is 23.4. The lowest BCUT2D eigenvalue weighted by atomic mass is 9.98. The van der Waals surface area contributed by atoms with E-state index in [2.05, 4.69) is 11.8 Å². The summed E-state index contributed by atoms with van der Waals surface area (Å²) < 4.78 is 48.5. The molecule has 5 rings (SSSR count). The Hall–Kier alpha value is -2.09. The highest BCUT2D eigenvalue weighted by atomic mass is 32.2. The van der Waals surface area contributed by atoms with E-state index in [1.807, 2.05) is 71.0 Å². The van der Waals surface area contributed by atoms with Crippen LogP contribution in [0, 0.1) is 24.7 Å². The summed E-state index contributed by atoms with van der Waals surface area (Å²) in [5, 5.41) is 0. The zero-order chi connectivity index (χ0) is 26.9. The van der Waals surface area contributed by atoms with Gasteiger partial charge in [0.05, 0.1) is 36.4 Å². The summed E-state index contributed by atoms with van der Waals surface area (Å²) >= 11 is -1.53. The lowest BCUT2D eigenvalue weighted by Gasteiger charge is -2.30. The minimum atomic E-state index is -1.53. The Labute approximate surface area is 227 Å². The van der Waals surface area contributed by atoms with Gasteiger partial charge in [-0.25, -0.2) is 4.21 Å². The van der Waals surface area contributed by atoms with Gasteiger partial charge in [0.25, 0.3) is 0 Å². The molecule has 0 spiro atoms. The van der Waals surface area contributed by atoms with E-state index in [0.717, 1.165) is 23.1 Å². The van der Waals surface area contributed by atoms with Crippen molar-refractivity contribution >= 4 is 11.1 Å². The topological polar surface area (TPSA) is 72.5 Å². The minimum Gasteiger partial charge on any atom is -0.370 e. The second kappa shape index (κ2) is 11.2. The fourth-order valence-corrected chi connectivity index (χ4v) is 5.95. The first-order valence-electron chi connectivity index (χ1n) is 13.1. The van der Waals surface area contributed by atoms with E-state index in [9.17, 15) is 4.21 Å². The molecule has 0 bridgehead atoms. The molecule has 1 aliphatic carbocycles. The maximum atomic E-state index is 12.2. The van der Waals surface area contributed by atoms with E-state index < -0.39 is 22.7 Å². The molecule has 2 saturated heterocycles. The normalized spacial score (nSPS) is 30.0. The van der Waals surface area contributed by atoms with Crippen LogP contribution in [-0.2, 0) is 45.6 Å². The van der Waals surface area contributed by atoms with E-state index in [0.29, 0.717) is 18.1 Å². The Kier molecular flexibility index (Phi) is 8.09. The Morgan fingerprint density at radius 1 is 0.947 bits per heavy atom. The summed E-state index contributed by atoms with van der Waals surface area (Å²) in [6, 6.07) is 15.3. The summed E-state index contributed by atoms with van der Waals surface area (Å²) in [5.74, 6) is 4.90. The van der Waals surface area contributed by atoms with Gasteiger partial charge in [-0.15, -0.1) is 0 Å². The lowest BCUT2D eigenvalue weighted by Crippen LogP contribution is -2.39. The number of aryl methyl sites for hydroxylation is 1. The average molecular weight is 541 g/mol. The molecule has 0 radical (unpaired) electrons. The predicted octanol–water partition coefficient (Wildman–Crippen LogP) is 4.66. The van der Waals surface area contributed by atoms with E-state index in [-0.39, 0.29) is 36.9 Å². The third-order valence-corrected chi connectivity index (χ3v) is 8.05. The van der Waals surface area contributed by atoms with Crippen LogP contribution in [0.5, 0.6) is 0 Å². The van der Waals surface area contributed by atoms with Crippen molar-refractivity contribution in [1.82, 2.24) is 0 Å². The van der Waals surface area contributed by atoms with Crippen molar-refractivity contribution in [1.29, 1.82) is 0 Å². The molecule has 6 atom stereocenters. The fraction of sp³-hybridized carbons (Fsp3) is 0.533. The summed E-state index contributed by atoms with van der Waals surface area (Å²) in [6.07, 6.45) is 0.436. The molecule has 7 nitrogen and oxygen atoms in total. The second-order valence-corrected chi connectivity index (χ2v) is 12.2. The molecule has 2 aromatic rings. The van der Waals surface area contributed by atoms with Gasteiger partial charge in [0.2, 0.25) is 0 Å². The second-order valence-electron chi connectivity index (χ2n) is 11.0. The number of rotatable bonds is 7. The van der Waals surface area contributed by atoms with Crippen LogP contribution >= 0.6 is 0 Å². The molecule has 3 fully saturated rings. The summed E-state index contributed by atoms with van der Waals surface area (Å²) in [7, 11) is 0. The SMILES string of the molecule is Cc1ccc([S@@](=O)OCC#Cc2ccc(CO[C@H]3[C@@H]([C@H]4COC(C)(C)O4)C[C@@H]4OC(C)(C)O[C@H]34)cc2)cc1. The quantitative estimate of drug-likeness (QED) is 0.473. The largest absolute Gasteiger partial charge is 0.370 e. The smallest absolute Gasteiger partial charge is 0.190 e. The van der Waals surface area contributed by atoms with Crippen LogP contribution in [0.2, 0.25) is 0 Å². The minimum absolute atomic E-state index is 0.0208. The number of hydrogen-bond acceptors (Lipinski definition) is 7. The van der Waals surface area contributed by atoms with Crippen molar-refractivity contribution in [3.63, 3.8) is 0 Å². The molecule has 1 saturated carbocycles. The van der Waals surface area contributed by atoms with Crippen LogP contribution in [0.3, 0.4) is 0 Å². The molecule has 0 amide bonds. The van der Waals surface area contributed by atoms with Crippen LogP contribution in [0.4, 0.5) is 0 Å². The van der Waals surface area contributed by atoms with Crippen molar-refractivity contribution in [2.75, 3.05) is 13.2 Å². The number of benzene rings is 2. The van der Waals surface area contributed by atoms with E-state index in [1.54, 1.807) is 12.1 Å². The van der Waals surface area contributed by atoms with E-state index >= 15 is 0 Å². The molecule has 2 aliphatic heterocycles. The molecule has 38 heavy (non-hydrogen) atoms. The van der Waals surface area contributed by atoms with Crippen molar-refractivity contribution in [3.8, 4) is 11.8 Å². The summed E-state index contributed by atoms with van der Waals surface area (Å²) in [4.78, 5) is 0.631. The molecule has 204 valence electrons. The summed E-state index contributed by atoms with van der Waals surface area (Å²) in [6.45, 7) is 10.8. The Bertz CT molecular complexity index is 1200.